The Hall–Kier alpha value is -2.83. The minimum atomic E-state index is -1.31. The van der Waals surface area contributed by atoms with E-state index in [0.717, 1.165) is 23.7 Å². The number of hydrogen-bond donors (Lipinski definition) is 2. The van der Waals surface area contributed by atoms with Crippen LogP contribution in [0.3, 0.4) is 0 Å². The van der Waals surface area contributed by atoms with Gasteiger partial charge in [0.15, 0.2) is 0 Å². The summed E-state index contributed by atoms with van der Waals surface area (Å²) in [7, 11) is 2.01. The van der Waals surface area contributed by atoms with Crippen LogP contribution in [-0.4, -0.2) is 47.2 Å². The number of carboxylic acids is 2. The van der Waals surface area contributed by atoms with Gasteiger partial charge in [-0.15, -0.1) is 0 Å². The van der Waals surface area contributed by atoms with Crippen LogP contribution >= 0.6 is 11.6 Å². The Bertz CT molecular complexity index is 1020. The zero-order chi connectivity index (χ0) is 20.0. The normalized spacial score (nSPS) is 21.1. The molecule has 2 aliphatic rings. The number of carboxylic acid groups (broad SMARTS) is 2. The largest absolute Gasteiger partial charge is 0.478 e. The fourth-order valence-corrected chi connectivity index (χ4v) is 4.44. The SMILES string of the molecule is CN1C[C@@H]2c3cc(Cl)ccc3Oc3cccc(/C(=C/C(=O)O)C(=O)O)c3[C@H]2C1. The van der Waals surface area contributed by atoms with Gasteiger partial charge < -0.3 is 19.8 Å². The Morgan fingerprint density at radius 1 is 1.14 bits per heavy atom. The number of nitrogens with zero attached hydrogens (tertiary/aromatic N) is 1. The predicted molar refractivity (Wildman–Crippen MR) is 104 cm³/mol. The van der Waals surface area contributed by atoms with Crippen molar-refractivity contribution in [3.05, 3.63) is 64.2 Å². The fraction of sp³-hybridized carbons (Fsp3) is 0.238. The molecule has 144 valence electrons. The third kappa shape index (κ3) is 3.15. The number of halogens is 1. The third-order valence-electron chi connectivity index (χ3n) is 5.32. The Morgan fingerprint density at radius 2 is 1.89 bits per heavy atom. The Balaban J connectivity index is 1.96. The number of carbonyl (C=O) groups is 2. The summed E-state index contributed by atoms with van der Waals surface area (Å²) in [6.45, 7) is 1.46. The summed E-state index contributed by atoms with van der Waals surface area (Å²) in [5.41, 5.74) is 1.81. The number of rotatable bonds is 3. The average molecular weight is 400 g/mol. The second-order valence-electron chi connectivity index (χ2n) is 7.14. The molecule has 0 radical (unpaired) electrons. The molecule has 0 spiro atoms. The second-order valence-corrected chi connectivity index (χ2v) is 7.57. The van der Waals surface area contributed by atoms with Gasteiger partial charge in [-0.2, -0.15) is 0 Å². The van der Waals surface area contributed by atoms with E-state index >= 15 is 0 Å². The molecule has 0 amide bonds. The Morgan fingerprint density at radius 3 is 2.61 bits per heavy atom. The zero-order valence-corrected chi connectivity index (χ0v) is 15.8. The lowest BCUT2D eigenvalue weighted by Crippen LogP contribution is -2.15. The van der Waals surface area contributed by atoms with Gasteiger partial charge in [0.2, 0.25) is 0 Å². The molecule has 28 heavy (non-hydrogen) atoms. The molecule has 1 saturated heterocycles. The molecule has 0 saturated carbocycles. The zero-order valence-electron chi connectivity index (χ0n) is 15.1. The molecule has 0 aliphatic carbocycles. The van der Waals surface area contributed by atoms with Crippen molar-refractivity contribution in [3.63, 3.8) is 0 Å². The first-order chi connectivity index (χ1) is 13.3. The van der Waals surface area contributed by atoms with Crippen molar-refractivity contribution in [3.8, 4) is 11.5 Å². The molecule has 2 N–H and O–H groups in total. The Kier molecular flexibility index (Phi) is 4.61. The number of fused-ring (bicyclic) bond motifs is 5. The molecule has 2 aromatic rings. The van der Waals surface area contributed by atoms with Gasteiger partial charge in [0.1, 0.15) is 11.5 Å². The van der Waals surface area contributed by atoms with Gasteiger partial charge in [-0.3, -0.25) is 0 Å². The predicted octanol–water partition coefficient (Wildman–Crippen LogP) is 3.81. The van der Waals surface area contributed by atoms with Crippen molar-refractivity contribution in [1.29, 1.82) is 0 Å². The first-order valence-electron chi connectivity index (χ1n) is 8.82. The summed E-state index contributed by atoms with van der Waals surface area (Å²) in [6.07, 6.45) is 0.737. The van der Waals surface area contributed by atoms with E-state index in [1.165, 1.54) is 0 Å². The van der Waals surface area contributed by atoms with E-state index in [1.807, 2.05) is 19.2 Å². The van der Waals surface area contributed by atoms with E-state index in [2.05, 4.69) is 4.90 Å². The number of benzene rings is 2. The number of likely N-dealkylation sites (tertiary alicyclic amines) is 1. The maximum Gasteiger partial charge on any atom is 0.336 e. The van der Waals surface area contributed by atoms with Gasteiger partial charge in [0.25, 0.3) is 0 Å². The summed E-state index contributed by atoms with van der Waals surface area (Å²) in [5, 5.41) is 19.4. The summed E-state index contributed by atoms with van der Waals surface area (Å²) in [6, 6.07) is 10.6. The lowest BCUT2D eigenvalue weighted by Gasteiger charge is -2.21. The van der Waals surface area contributed by atoms with Crippen LogP contribution in [0.4, 0.5) is 0 Å². The molecule has 2 aromatic carbocycles. The number of hydrogen-bond acceptors (Lipinski definition) is 4. The molecule has 0 bridgehead atoms. The summed E-state index contributed by atoms with van der Waals surface area (Å²) in [4.78, 5) is 25.2. The van der Waals surface area contributed by atoms with E-state index < -0.39 is 11.9 Å². The molecule has 2 atom stereocenters. The van der Waals surface area contributed by atoms with Gasteiger partial charge >= 0.3 is 11.9 Å². The minimum absolute atomic E-state index is 0.0486. The van der Waals surface area contributed by atoms with Crippen molar-refractivity contribution in [1.82, 2.24) is 4.90 Å². The van der Waals surface area contributed by atoms with E-state index in [4.69, 9.17) is 21.4 Å². The summed E-state index contributed by atoms with van der Waals surface area (Å²) in [5.74, 6) is -1.36. The highest BCUT2D eigenvalue weighted by Crippen LogP contribution is 2.51. The first-order valence-corrected chi connectivity index (χ1v) is 9.20. The molecule has 0 unspecified atom stereocenters. The van der Waals surface area contributed by atoms with Crippen molar-refractivity contribution in [2.24, 2.45) is 0 Å². The first kappa shape index (κ1) is 18.5. The molecule has 7 heteroatoms. The van der Waals surface area contributed by atoms with Crippen molar-refractivity contribution >= 4 is 29.1 Å². The number of ether oxygens (including phenoxy) is 1. The molecule has 2 heterocycles. The van der Waals surface area contributed by atoms with Gasteiger partial charge in [-0.1, -0.05) is 23.7 Å². The van der Waals surface area contributed by atoms with Gasteiger partial charge in [-0.05, 0) is 36.9 Å². The fourth-order valence-electron chi connectivity index (χ4n) is 4.26. The molecule has 1 fully saturated rings. The molecular weight excluding hydrogens is 382 g/mol. The van der Waals surface area contributed by atoms with Crippen LogP contribution in [0.2, 0.25) is 5.02 Å². The smallest absolute Gasteiger partial charge is 0.336 e. The van der Waals surface area contributed by atoms with Crippen LogP contribution in [0.25, 0.3) is 5.57 Å². The average Bonchev–Trinajstić information content (AvgIpc) is 2.96. The van der Waals surface area contributed by atoms with E-state index in [0.29, 0.717) is 28.6 Å². The van der Waals surface area contributed by atoms with Crippen LogP contribution in [-0.2, 0) is 9.59 Å². The van der Waals surface area contributed by atoms with Gasteiger partial charge in [0, 0.05) is 47.2 Å². The molecule has 0 aromatic heterocycles. The van der Waals surface area contributed by atoms with E-state index in [9.17, 15) is 14.7 Å². The van der Waals surface area contributed by atoms with E-state index in [1.54, 1.807) is 24.3 Å². The monoisotopic (exact) mass is 399 g/mol. The highest BCUT2D eigenvalue weighted by molar-refractivity contribution is 6.30. The molecule has 6 nitrogen and oxygen atoms in total. The number of aliphatic carboxylic acids is 2. The third-order valence-corrected chi connectivity index (χ3v) is 5.55. The second kappa shape index (κ2) is 6.96. The van der Waals surface area contributed by atoms with Crippen molar-refractivity contribution in [2.45, 2.75) is 11.8 Å². The quantitative estimate of drug-likeness (QED) is 0.763. The summed E-state index contributed by atoms with van der Waals surface area (Å²) < 4.78 is 6.16. The van der Waals surface area contributed by atoms with Crippen LogP contribution < -0.4 is 4.74 Å². The van der Waals surface area contributed by atoms with Crippen LogP contribution in [0.15, 0.2) is 42.5 Å². The molecular formula is C21H18ClNO5. The van der Waals surface area contributed by atoms with Crippen LogP contribution in [0, 0.1) is 0 Å². The molecule has 2 aliphatic heterocycles. The van der Waals surface area contributed by atoms with Gasteiger partial charge in [-0.25, -0.2) is 9.59 Å². The number of likely N-dealkylation sites (N-methyl/N-ethyl adjacent to an activating group) is 1. The van der Waals surface area contributed by atoms with Crippen LogP contribution in [0.1, 0.15) is 28.5 Å². The summed E-state index contributed by atoms with van der Waals surface area (Å²) >= 11 is 6.23. The topological polar surface area (TPSA) is 87.1 Å². The standard InChI is InChI=1S/C21H18ClNO5/c1-23-9-15-13-7-11(22)5-6-17(13)28-18-4-2-3-12(20(18)16(15)10-23)14(21(26)27)8-19(24)25/h2-8,15-16H,9-10H2,1H3,(H,24,25)(H,26,27)/b14-8-/t15-,16+/m1/s1. The van der Waals surface area contributed by atoms with Crippen molar-refractivity contribution in [2.75, 3.05) is 20.1 Å². The van der Waals surface area contributed by atoms with Crippen LogP contribution in [0.5, 0.6) is 11.5 Å². The van der Waals surface area contributed by atoms with E-state index in [-0.39, 0.29) is 17.4 Å². The lowest BCUT2D eigenvalue weighted by molar-refractivity contribution is -0.133. The highest BCUT2D eigenvalue weighted by atomic mass is 35.5. The maximum absolute atomic E-state index is 11.8. The highest BCUT2D eigenvalue weighted by Gasteiger charge is 2.40. The molecule has 4 rings (SSSR count). The van der Waals surface area contributed by atoms with Gasteiger partial charge in [0.05, 0.1) is 5.57 Å². The minimum Gasteiger partial charge on any atom is -0.478 e. The lowest BCUT2D eigenvalue weighted by atomic mass is 9.80. The van der Waals surface area contributed by atoms with Crippen molar-refractivity contribution < 1.29 is 24.5 Å². The Labute approximate surface area is 166 Å². The maximum atomic E-state index is 11.8.